The number of hydrogen-bond donors (Lipinski definition) is 2. The molecule has 1 amide bonds. The van der Waals surface area contributed by atoms with Crippen LogP contribution in [-0.4, -0.2) is 45.4 Å². The van der Waals surface area contributed by atoms with Gasteiger partial charge in [-0.05, 0) is 24.3 Å². The van der Waals surface area contributed by atoms with Crippen LogP contribution in [-0.2, 0) is 4.79 Å². The molecule has 0 aliphatic heterocycles. The third kappa shape index (κ3) is 5.57. The molecule has 0 saturated carbocycles. The minimum absolute atomic E-state index is 0.141. The molecule has 1 aromatic carbocycles. The molecule has 0 aliphatic rings. The number of carbonyl (C=O) groups is 1. The number of carbonyl (C=O) groups excluding carboxylic acids is 1. The maximum absolute atomic E-state index is 11.8. The van der Waals surface area contributed by atoms with Gasteiger partial charge in [0.25, 0.3) is 5.91 Å². The molecule has 0 saturated heterocycles. The Kier molecular flexibility index (Phi) is 6.45. The van der Waals surface area contributed by atoms with Crippen LogP contribution >= 0.6 is 23.2 Å². The third-order valence-electron chi connectivity index (χ3n) is 3.40. The van der Waals surface area contributed by atoms with Gasteiger partial charge in [-0.25, -0.2) is 14.6 Å². The van der Waals surface area contributed by atoms with Crippen LogP contribution in [0.5, 0.6) is 5.75 Å². The van der Waals surface area contributed by atoms with E-state index in [9.17, 15) is 4.79 Å². The fourth-order valence-corrected chi connectivity index (χ4v) is 2.62. The molecule has 0 radical (unpaired) electrons. The van der Waals surface area contributed by atoms with Gasteiger partial charge >= 0.3 is 0 Å². The van der Waals surface area contributed by atoms with Gasteiger partial charge in [0.1, 0.15) is 17.9 Å². The fraction of sp³-hybridized carbons (Fsp3) is 0.176. The van der Waals surface area contributed by atoms with Crippen LogP contribution in [0.2, 0.25) is 10.0 Å². The van der Waals surface area contributed by atoms with Gasteiger partial charge in [-0.3, -0.25) is 4.79 Å². The van der Waals surface area contributed by atoms with Gasteiger partial charge in [-0.15, -0.1) is 0 Å². The molecule has 0 unspecified atom stereocenters. The second kappa shape index (κ2) is 9.20. The molecule has 2 aromatic heterocycles. The molecule has 0 bridgehead atoms. The van der Waals surface area contributed by atoms with Crippen molar-refractivity contribution in [3.63, 3.8) is 0 Å². The van der Waals surface area contributed by atoms with Crippen LogP contribution < -0.4 is 15.4 Å². The van der Waals surface area contributed by atoms with Crippen molar-refractivity contribution in [2.75, 3.05) is 25.0 Å². The van der Waals surface area contributed by atoms with E-state index in [2.05, 4.69) is 25.7 Å². The van der Waals surface area contributed by atoms with Crippen LogP contribution in [0.1, 0.15) is 0 Å². The number of nitrogens with zero attached hydrogens (tertiary/aromatic N) is 4. The van der Waals surface area contributed by atoms with Gasteiger partial charge in [-0.1, -0.05) is 23.2 Å². The number of halogens is 2. The van der Waals surface area contributed by atoms with Crippen LogP contribution in [0.25, 0.3) is 5.82 Å². The van der Waals surface area contributed by atoms with E-state index in [1.54, 1.807) is 41.3 Å². The smallest absolute Gasteiger partial charge is 0.258 e. The highest BCUT2D eigenvalue weighted by Crippen LogP contribution is 2.27. The maximum atomic E-state index is 11.8. The Morgan fingerprint density at radius 2 is 2.07 bits per heavy atom. The molecule has 10 heteroatoms. The van der Waals surface area contributed by atoms with E-state index in [1.807, 2.05) is 6.07 Å². The molecule has 3 rings (SSSR count). The van der Waals surface area contributed by atoms with Gasteiger partial charge in [0.2, 0.25) is 0 Å². The highest BCUT2D eigenvalue weighted by atomic mass is 35.5. The number of anilines is 1. The highest BCUT2D eigenvalue weighted by molar-refractivity contribution is 6.35. The van der Waals surface area contributed by atoms with Crippen molar-refractivity contribution in [2.24, 2.45) is 0 Å². The summed E-state index contributed by atoms with van der Waals surface area (Å²) < 4.78 is 7.01. The summed E-state index contributed by atoms with van der Waals surface area (Å²) in [5, 5.41) is 10.8. The predicted octanol–water partition coefficient (Wildman–Crippen LogP) is 2.58. The number of rotatable bonds is 8. The zero-order chi connectivity index (χ0) is 19.1. The summed E-state index contributed by atoms with van der Waals surface area (Å²) in [6.07, 6.45) is 4.91. The molecule has 27 heavy (non-hydrogen) atoms. The molecular formula is C17H16Cl2N6O2. The largest absolute Gasteiger partial charge is 0.482 e. The van der Waals surface area contributed by atoms with E-state index in [0.29, 0.717) is 40.5 Å². The molecule has 3 aromatic rings. The standard InChI is InChI=1S/C17H16Cl2N6O2/c18-12-2-3-14(13(19)8-12)27-10-17(26)21-6-5-20-15-9-16(23-11-22-15)25-7-1-4-24-25/h1-4,7-9,11H,5-6,10H2,(H,21,26)(H,20,22,23). The molecule has 0 fully saturated rings. The Morgan fingerprint density at radius 3 is 2.85 bits per heavy atom. The van der Waals surface area contributed by atoms with Crippen LogP contribution in [0, 0.1) is 0 Å². The third-order valence-corrected chi connectivity index (χ3v) is 3.93. The second-order valence-electron chi connectivity index (χ2n) is 5.35. The summed E-state index contributed by atoms with van der Waals surface area (Å²) in [5.74, 6) is 1.42. The first-order valence-corrected chi connectivity index (χ1v) is 8.78. The first-order valence-electron chi connectivity index (χ1n) is 8.02. The SMILES string of the molecule is O=C(COc1ccc(Cl)cc1Cl)NCCNc1cc(-n2cccn2)ncn1. The van der Waals surface area contributed by atoms with Gasteiger partial charge in [0.05, 0.1) is 5.02 Å². The maximum Gasteiger partial charge on any atom is 0.258 e. The molecular weight excluding hydrogens is 391 g/mol. The minimum Gasteiger partial charge on any atom is -0.482 e. The molecule has 2 heterocycles. The van der Waals surface area contributed by atoms with Crippen molar-refractivity contribution in [1.82, 2.24) is 25.1 Å². The second-order valence-corrected chi connectivity index (χ2v) is 6.20. The Hall–Kier alpha value is -2.84. The zero-order valence-electron chi connectivity index (χ0n) is 14.1. The van der Waals surface area contributed by atoms with E-state index in [-0.39, 0.29) is 12.5 Å². The van der Waals surface area contributed by atoms with E-state index < -0.39 is 0 Å². The minimum atomic E-state index is -0.261. The predicted molar refractivity (Wildman–Crippen MR) is 103 cm³/mol. The lowest BCUT2D eigenvalue weighted by Crippen LogP contribution is -2.32. The van der Waals surface area contributed by atoms with Crippen molar-refractivity contribution >= 4 is 34.9 Å². The number of aromatic nitrogens is 4. The quantitative estimate of drug-likeness (QED) is 0.558. The van der Waals surface area contributed by atoms with Crippen molar-refractivity contribution in [3.8, 4) is 11.6 Å². The Morgan fingerprint density at radius 1 is 1.19 bits per heavy atom. The van der Waals surface area contributed by atoms with Gasteiger partial charge in [0.15, 0.2) is 12.4 Å². The molecule has 0 spiro atoms. The molecule has 8 nitrogen and oxygen atoms in total. The Bertz CT molecular complexity index is 904. The number of ether oxygens (including phenoxy) is 1. The lowest BCUT2D eigenvalue weighted by atomic mass is 10.3. The van der Waals surface area contributed by atoms with Gasteiger partial charge in [-0.2, -0.15) is 5.10 Å². The van der Waals surface area contributed by atoms with E-state index in [4.69, 9.17) is 27.9 Å². The number of nitrogens with one attached hydrogen (secondary N) is 2. The lowest BCUT2D eigenvalue weighted by molar-refractivity contribution is -0.123. The molecule has 0 aliphatic carbocycles. The van der Waals surface area contributed by atoms with Gasteiger partial charge in [0, 0.05) is 36.6 Å². The van der Waals surface area contributed by atoms with E-state index in [0.717, 1.165) is 0 Å². The number of benzene rings is 1. The van der Waals surface area contributed by atoms with Crippen molar-refractivity contribution in [3.05, 3.63) is 59.1 Å². The summed E-state index contributed by atoms with van der Waals surface area (Å²) >= 11 is 11.8. The summed E-state index contributed by atoms with van der Waals surface area (Å²) in [7, 11) is 0. The molecule has 2 N–H and O–H groups in total. The van der Waals surface area contributed by atoms with Crippen LogP contribution in [0.3, 0.4) is 0 Å². The summed E-state index contributed by atoms with van der Waals surface area (Å²) in [4.78, 5) is 20.1. The Labute approximate surface area is 165 Å². The Balaban J connectivity index is 1.40. The molecule has 0 atom stereocenters. The van der Waals surface area contributed by atoms with E-state index >= 15 is 0 Å². The summed E-state index contributed by atoms with van der Waals surface area (Å²) in [5.41, 5.74) is 0. The number of amides is 1. The zero-order valence-corrected chi connectivity index (χ0v) is 15.6. The van der Waals surface area contributed by atoms with E-state index in [1.165, 1.54) is 6.33 Å². The van der Waals surface area contributed by atoms with Crippen LogP contribution in [0.15, 0.2) is 49.1 Å². The summed E-state index contributed by atoms with van der Waals surface area (Å²) in [6, 6.07) is 8.39. The topological polar surface area (TPSA) is 94.0 Å². The van der Waals surface area contributed by atoms with Crippen molar-refractivity contribution in [1.29, 1.82) is 0 Å². The normalized spacial score (nSPS) is 10.4. The average Bonchev–Trinajstić information content (AvgIpc) is 3.20. The van der Waals surface area contributed by atoms with Gasteiger partial charge < -0.3 is 15.4 Å². The highest BCUT2D eigenvalue weighted by Gasteiger charge is 2.06. The summed E-state index contributed by atoms with van der Waals surface area (Å²) in [6.45, 7) is 0.749. The monoisotopic (exact) mass is 406 g/mol. The van der Waals surface area contributed by atoms with Crippen molar-refractivity contribution < 1.29 is 9.53 Å². The molecule has 140 valence electrons. The average molecular weight is 407 g/mol. The number of hydrogen-bond acceptors (Lipinski definition) is 6. The van der Waals surface area contributed by atoms with Crippen molar-refractivity contribution in [2.45, 2.75) is 0 Å². The first kappa shape index (κ1) is 18.9. The fourth-order valence-electron chi connectivity index (χ4n) is 2.15. The lowest BCUT2D eigenvalue weighted by Gasteiger charge is -2.10. The first-order chi connectivity index (χ1) is 13.1. The van der Waals surface area contributed by atoms with Crippen LogP contribution in [0.4, 0.5) is 5.82 Å².